The van der Waals surface area contributed by atoms with Crippen molar-refractivity contribution >= 4 is 37.7 Å². The summed E-state index contributed by atoms with van der Waals surface area (Å²) < 4.78 is 0. The van der Waals surface area contributed by atoms with Crippen molar-refractivity contribution in [3.63, 3.8) is 0 Å². The third kappa shape index (κ3) is 5.73. The van der Waals surface area contributed by atoms with Gasteiger partial charge in [0.25, 0.3) is 0 Å². The fraction of sp³-hybridized carbons (Fsp3) is 0.182. The van der Waals surface area contributed by atoms with Gasteiger partial charge in [-0.15, -0.1) is 12.8 Å². The average Bonchev–Trinajstić information content (AvgIpc) is 3.28. The van der Waals surface area contributed by atoms with Gasteiger partial charge in [0.1, 0.15) is 0 Å². The Kier molecular flexibility index (Phi) is 8.56. The highest BCUT2D eigenvalue weighted by molar-refractivity contribution is 8.32. The summed E-state index contributed by atoms with van der Waals surface area (Å²) in [5.74, 6) is 0. The number of nitrogens with zero attached hydrogens (tertiary/aromatic N) is 1. The molecular formula is C44H43NS. The minimum Gasteiger partial charge on any atom is -0.311 e. The van der Waals surface area contributed by atoms with Gasteiger partial charge in [-0.2, -0.15) is 0 Å². The van der Waals surface area contributed by atoms with Gasteiger partial charge < -0.3 is 4.90 Å². The molecule has 5 aromatic rings. The molecule has 46 heavy (non-hydrogen) atoms. The first-order chi connectivity index (χ1) is 22.2. The Balaban J connectivity index is 0.00000182. The van der Waals surface area contributed by atoms with Crippen molar-refractivity contribution < 1.29 is 0 Å². The number of hydrogen-bond donors (Lipinski definition) is 0. The molecule has 0 N–H and O–H groups in total. The van der Waals surface area contributed by atoms with Crippen molar-refractivity contribution in [1.29, 1.82) is 0 Å². The molecule has 1 nitrogen and oxygen atoms in total. The second-order valence-electron chi connectivity index (χ2n) is 13.3. The summed E-state index contributed by atoms with van der Waals surface area (Å²) in [6.45, 7) is 4.83. The number of para-hydroxylation sites is 1. The van der Waals surface area contributed by atoms with Gasteiger partial charge >= 0.3 is 0 Å². The van der Waals surface area contributed by atoms with E-state index in [1.54, 1.807) is 0 Å². The molecule has 230 valence electrons. The molecule has 0 aromatic heterocycles. The molecule has 0 amide bonds. The van der Waals surface area contributed by atoms with Crippen LogP contribution in [-0.2, 0) is 11.8 Å². The van der Waals surface area contributed by atoms with Gasteiger partial charge in [-0.3, -0.25) is 0 Å². The largest absolute Gasteiger partial charge is 0.311 e. The van der Waals surface area contributed by atoms with Crippen LogP contribution in [0.15, 0.2) is 150 Å². The third-order valence-electron chi connectivity index (χ3n) is 9.39. The monoisotopic (exact) mass is 617 g/mol. The lowest BCUT2D eigenvalue weighted by Gasteiger charge is -2.30. The van der Waals surface area contributed by atoms with Crippen LogP contribution in [-0.4, -0.2) is 18.8 Å². The molecule has 0 bridgehead atoms. The van der Waals surface area contributed by atoms with Gasteiger partial charge in [0.2, 0.25) is 0 Å². The first kappa shape index (κ1) is 31.3. The SMILES string of the molecule is C#C.CC1(C)C2=C(c3ccccc3C/C=C(N(c3ccccc3)c3ccc(S(C)(C)C)cc3)\C=C/C2)c2cc3ccccc3cc21. The highest BCUT2D eigenvalue weighted by Crippen LogP contribution is 2.52. The molecule has 0 radical (unpaired) electrons. The van der Waals surface area contributed by atoms with Crippen LogP contribution in [0.2, 0.25) is 0 Å². The van der Waals surface area contributed by atoms with Crippen molar-refractivity contribution in [1.82, 2.24) is 0 Å². The molecule has 0 fully saturated rings. The van der Waals surface area contributed by atoms with Crippen molar-refractivity contribution in [3.8, 4) is 12.8 Å². The average molecular weight is 618 g/mol. The van der Waals surface area contributed by atoms with Crippen LogP contribution in [0.1, 0.15) is 42.5 Å². The summed E-state index contributed by atoms with van der Waals surface area (Å²) in [4.78, 5) is 3.84. The Hall–Kier alpha value is -4.71. The molecule has 2 aliphatic rings. The maximum absolute atomic E-state index is 4.00. The number of rotatable bonds is 4. The number of anilines is 2. The molecule has 7 rings (SSSR count). The normalized spacial score (nSPS) is 17.3. The van der Waals surface area contributed by atoms with Crippen LogP contribution in [0.3, 0.4) is 0 Å². The zero-order valence-corrected chi connectivity index (χ0v) is 28.4. The van der Waals surface area contributed by atoms with E-state index in [0.29, 0.717) is 0 Å². The maximum atomic E-state index is 4.00. The van der Waals surface area contributed by atoms with Gasteiger partial charge in [0.05, 0.1) is 0 Å². The predicted molar refractivity (Wildman–Crippen MR) is 204 cm³/mol. The molecular weight excluding hydrogens is 575 g/mol. The van der Waals surface area contributed by atoms with Crippen molar-refractivity contribution in [3.05, 3.63) is 167 Å². The number of fused-ring (bicyclic) bond motifs is 5. The second-order valence-corrected chi connectivity index (χ2v) is 17.5. The Bertz CT molecular complexity index is 2000. The number of allylic oxidation sites excluding steroid dienone is 4. The minimum atomic E-state index is -0.795. The summed E-state index contributed by atoms with van der Waals surface area (Å²) in [5, 5.41) is 2.62. The zero-order valence-electron chi connectivity index (χ0n) is 27.6. The molecule has 0 aliphatic heterocycles. The lowest BCUT2D eigenvalue weighted by atomic mass is 9.79. The molecule has 0 unspecified atom stereocenters. The predicted octanol–water partition coefficient (Wildman–Crippen LogP) is 11.5. The lowest BCUT2D eigenvalue weighted by molar-refractivity contribution is 0.626. The second kappa shape index (κ2) is 12.6. The van der Waals surface area contributed by atoms with E-state index in [2.05, 4.69) is 184 Å². The Morgan fingerprint density at radius 2 is 1.26 bits per heavy atom. The topological polar surface area (TPSA) is 3.24 Å². The van der Waals surface area contributed by atoms with E-state index >= 15 is 0 Å². The summed E-state index contributed by atoms with van der Waals surface area (Å²) in [7, 11) is -0.795. The molecule has 0 heterocycles. The Morgan fingerprint density at radius 1 is 0.652 bits per heavy atom. The fourth-order valence-corrected chi connectivity index (χ4v) is 7.94. The minimum absolute atomic E-state index is 0.0700. The maximum Gasteiger partial charge on any atom is 0.0462 e. The smallest absolute Gasteiger partial charge is 0.0462 e. The summed E-state index contributed by atoms with van der Waals surface area (Å²) in [6, 6.07) is 42.7. The van der Waals surface area contributed by atoms with E-state index in [9.17, 15) is 0 Å². The number of benzene rings is 5. The van der Waals surface area contributed by atoms with Crippen LogP contribution in [0.4, 0.5) is 11.4 Å². The number of hydrogen-bond acceptors (Lipinski definition) is 1. The van der Waals surface area contributed by atoms with Gasteiger partial charge in [0.15, 0.2) is 0 Å². The Morgan fingerprint density at radius 3 is 1.96 bits per heavy atom. The van der Waals surface area contributed by atoms with Crippen molar-refractivity contribution in [2.24, 2.45) is 0 Å². The molecule has 0 saturated carbocycles. The molecule has 0 atom stereocenters. The van der Waals surface area contributed by atoms with Crippen molar-refractivity contribution in [2.45, 2.75) is 37.0 Å². The van der Waals surface area contributed by atoms with Crippen LogP contribution in [0.25, 0.3) is 16.3 Å². The van der Waals surface area contributed by atoms with E-state index in [0.717, 1.165) is 12.8 Å². The van der Waals surface area contributed by atoms with Gasteiger partial charge in [-0.1, -0.05) is 92.7 Å². The zero-order chi connectivity index (χ0) is 32.5. The van der Waals surface area contributed by atoms with Gasteiger partial charge in [-0.25, -0.2) is 10.0 Å². The van der Waals surface area contributed by atoms with Gasteiger partial charge in [-0.05, 0) is 135 Å². The molecule has 2 heteroatoms. The first-order valence-corrected chi connectivity index (χ1v) is 18.8. The molecule has 5 aromatic carbocycles. The number of terminal acetylenes is 1. The summed E-state index contributed by atoms with van der Waals surface area (Å²) in [6.07, 6.45) is 24.0. The fourth-order valence-electron chi connectivity index (χ4n) is 6.98. The van der Waals surface area contributed by atoms with Crippen LogP contribution >= 0.6 is 10.0 Å². The summed E-state index contributed by atoms with van der Waals surface area (Å²) >= 11 is 0. The van der Waals surface area contributed by atoms with Crippen LogP contribution in [0, 0.1) is 12.8 Å². The molecule has 0 saturated heterocycles. The lowest BCUT2D eigenvalue weighted by Crippen LogP contribution is -2.18. The molecule has 2 aliphatic carbocycles. The quantitative estimate of drug-likeness (QED) is 0.181. The van der Waals surface area contributed by atoms with E-state index in [4.69, 9.17) is 0 Å². The third-order valence-corrected chi connectivity index (χ3v) is 11.1. The summed E-state index contributed by atoms with van der Waals surface area (Å²) in [5.41, 5.74) is 12.0. The Labute approximate surface area is 277 Å². The first-order valence-electron chi connectivity index (χ1n) is 15.9. The van der Waals surface area contributed by atoms with Gasteiger partial charge in [0, 0.05) is 22.5 Å². The highest BCUT2D eigenvalue weighted by atomic mass is 32.3. The van der Waals surface area contributed by atoms with Crippen LogP contribution in [0.5, 0.6) is 0 Å². The van der Waals surface area contributed by atoms with E-state index in [1.165, 1.54) is 66.1 Å². The van der Waals surface area contributed by atoms with E-state index in [-0.39, 0.29) is 5.41 Å². The van der Waals surface area contributed by atoms with Crippen LogP contribution < -0.4 is 4.90 Å². The van der Waals surface area contributed by atoms with E-state index in [1.807, 2.05) is 0 Å². The van der Waals surface area contributed by atoms with Crippen molar-refractivity contribution in [2.75, 3.05) is 23.7 Å². The molecule has 0 spiro atoms. The standard InChI is InChI=1S/C42H41NS.C2H2/c1-42(2)39-21-13-19-34(43(33-17-7-6-8-18-33)35-24-26-36(27-25-35)44(3,4)5)23-22-30-14-11-12-20-37(30)41(39)38-28-31-15-9-10-16-32(31)29-40(38)42;1-2/h6-20,23-29H,21-22H2,1-5H3;1-2H/b19-13-,34-23+;. The highest BCUT2D eigenvalue weighted by Gasteiger charge is 2.38. The van der Waals surface area contributed by atoms with E-state index < -0.39 is 10.0 Å².